The number of nitrogens with zero attached hydrogens (tertiary/aromatic N) is 1. The molecule has 0 N–H and O–H groups in total. The maximum absolute atomic E-state index is 6.58. The Labute approximate surface area is 302 Å². The van der Waals surface area contributed by atoms with E-state index in [0.29, 0.717) is 0 Å². The Bertz CT molecular complexity index is 2910. The van der Waals surface area contributed by atoms with Crippen molar-refractivity contribution >= 4 is 60.5 Å². The molecule has 0 saturated heterocycles. The summed E-state index contributed by atoms with van der Waals surface area (Å²) in [5, 5.41) is 7.15. The second-order valence-electron chi connectivity index (χ2n) is 13.3. The van der Waals surface area contributed by atoms with Gasteiger partial charge < -0.3 is 9.32 Å². The number of hydrogen-bond donors (Lipinski definition) is 0. The molecule has 2 heteroatoms. The molecule has 0 bridgehead atoms. The average molecular weight is 664 g/mol. The normalized spacial score (nSPS) is 11.5. The maximum atomic E-state index is 6.58. The van der Waals surface area contributed by atoms with Gasteiger partial charge in [0.05, 0.1) is 11.4 Å². The lowest BCUT2D eigenvalue weighted by atomic mass is 9.95. The van der Waals surface area contributed by atoms with Crippen LogP contribution in [-0.4, -0.2) is 0 Å². The monoisotopic (exact) mass is 663 g/mol. The average Bonchev–Trinajstić information content (AvgIpc) is 3.60. The summed E-state index contributed by atoms with van der Waals surface area (Å²) >= 11 is 0. The quantitative estimate of drug-likeness (QED) is 0.176. The molecule has 0 aliphatic heterocycles. The third kappa shape index (κ3) is 5.04. The molecule has 0 saturated carbocycles. The minimum Gasteiger partial charge on any atom is -0.455 e. The van der Waals surface area contributed by atoms with Gasteiger partial charge in [0.25, 0.3) is 0 Å². The highest BCUT2D eigenvalue weighted by molar-refractivity contribution is 6.11. The largest absolute Gasteiger partial charge is 0.455 e. The minimum absolute atomic E-state index is 0.896. The molecule has 0 aliphatic carbocycles. The molecular formula is C50H33NO. The van der Waals surface area contributed by atoms with E-state index in [1.54, 1.807) is 0 Å². The van der Waals surface area contributed by atoms with E-state index in [2.05, 4.69) is 193 Å². The molecule has 1 heterocycles. The molecule has 244 valence electrons. The highest BCUT2D eigenvalue weighted by Gasteiger charge is 2.22. The van der Waals surface area contributed by atoms with E-state index in [1.807, 2.05) is 12.1 Å². The Kier molecular flexibility index (Phi) is 7.18. The topological polar surface area (TPSA) is 16.4 Å². The summed E-state index contributed by atoms with van der Waals surface area (Å²) in [5.41, 5.74) is 12.0. The maximum Gasteiger partial charge on any atom is 0.143 e. The summed E-state index contributed by atoms with van der Waals surface area (Å²) in [7, 11) is 0. The number of hydrogen-bond acceptors (Lipinski definition) is 2. The van der Waals surface area contributed by atoms with E-state index in [1.165, 1.54) is 38.2 Å². The second kappa shape index (κ2) is 12.5. The lowest BCUT2D eigenvalue weighted by Crippen LogP contribution is -2.12. The first-order chi connectivity index (χ1) is 25.8. The van der Waals surface area contributed by atoms with Crippen molar-refractivity contribution < 1.29 is 4.42 Å². The van der Waals surface area contributed by atoms with Crippen LogP contribution in [0, 0.1) is 0 Å². The number of anilines is 3. The van der Waals surface area contributed by atoms with Gasteiger partial charge in [0.1, 0.15) is 11.2 Å². The summed E-state index contributed by atoms with van der Waals surface area (Å²) < 4.78 is 6.58. The SMILES string of the molecule is c1cc(-c2ccc(-c3cccc4ccccc34)cc2)cc(N(c2ccccc2-c2cccc3c2oc2ccccc23)c2cccc3ccccc23)c1. The van der Waals surface area contributed by atoms with Crippen LogP contribution in [-0.2, 0) is 0 Å². The van der Waals surface area contributed by atoms with Crippen molar-refractivity contribution in [3.63, 3.8) is 0 Å². The van der Waals surface area contributed by atoms with Gasteiger partial charge in [-0.25, -0.2) is 0 Å². The Hall–Kier alpha value is -6.90. The predicted molar refractivity (Wildman–Crippen MR) is 220 cm³/mol. The predicted octanol–water partition coefficient (Wildman–Crippen LogP) is 14.4. The lowest BCUT2D eigenvalue weighted by molar-refractivity contribution is 0.670. The van der Waals surface area contributed by atoms with E-state index < -0.39 is 0 Å². The van der Waals surface area contributed by atoms with Gasteiger partial charge in [-0.2, -0.15) is 0 Å². The molecule has 9 aromatic carbocycles. The number of furan rings is 1. The van der Waals surface area contributed by atoms with Crippen molar-refractivity contribution in [2.24, 2.45) is 0 Å². The van der Waals surface area contributed by atoms with Crippen LogP contribution in [0.25, 0.3) is 76.9 Å². The molecule has 0 radical (unpaired) electrons. The van der Waals surface area contributed by atoms with Crippen LogP contribution in [0.3, 0.4) is 0 Å². The fourth-order valence-electron chi connectivity index (χ4n) is 7.81. The van der Waals surface area contributed by atoms with Crippen LogP contribution in [0.5, 0.6) is 0 Å². The van der Waals surface area contributed by atoms with Crippen LogP contribution in [0.1, 0.15) is 0 Å². The molecule has 1 aromatic heterocycles. The zero-order chi connectivity index (χ0) is 34.4. The number of rotatable bonds is 6. The standard InChI is InChI=1S/C50H33NO/c1-3-19-40-35(13-1)15-10-23-41(40)37-31-29-34(30-32-37)38-17-9-18-39(33-38)51(47-27-11-16-36-14-2-4-20-42(36)47)48-26-7-5-21-43(48)45-24-12-25-46-44-22-6-8-28-49(44)52-50(45)46/h1-33H. The van der Waals surface area contributed by atoms with E-state index >= 15 is 0 Å². The Morgan fingerprint density at radius 3 is 1.75 bits per heavy atom. The highest BCUT2D eigenvalue weighted by atomic mass is 16.3. The van der Waals surface area contributed by atoms with Gasteiger partial charge in [-0.15, -0.1) is 0 Å². The number of benzene rings is 9. The molecule has 52 heavy (non-hydrogen) atoms. The summed E-state index contributed by atoms with van der Waals surface area (Å²) in [6.07, 6.45) is 0. The molecule has 0 unspecified atom stereocenters. The summed E-state index contributed by atoms with van der Waals surface area (Å²) in [6, 6.07) is 71.7. The van der Waals surface area contributed by atoms with Crippen LogP contribution >= 0.6 is 0 Å². The molecule has 10 rings (SSSR count). The summed E-state index contributed by atoms with van der Waals surface area (Å²) in [4.78, 5) is 2.41. The number of fused-ring (bicyclic) bond motifs is 5. The molecule has 2 nitrogen and oxygen atoms in total. The Morgan fingerprint density at radius 2 is 0.885 bits per heavy atom. The third-order valence-corrected chi connectivity index (χ3v) is 10.3. The van der Waals surface area contributed by atoms with Crippen molar-refractivity contribution in [2.45, 2.75) is 0 Å². The van der Waals surface area contributed by atoms with E-state index in [0.717, 1.165) is 55.7 Å². The van der Waals surface area contributed by atoms with Crippen LogP contribution < -0.4 is 4.90 Å². The van der Waals surface area contributed by atoms with E-state index in [-0.39, 0.29) is 0 Å². The van der Waals surface area contributed by atoms with Crippen molar-refractivity contribution in [2.75, 3.05) is 4.90 Å². The zero-order valence-corrected chi connectivity index (χ0v) is 28.4. The Balaban J connectivity index is 1.14. The Morgan fingerprint density at radius 1 is 0.327 bits per heavy atom. The molecule has 0 fully saturated rings. The van der Waals surface area contributed by atoms with E-state index in [4.69, 9.17) is 4.42 Å². The van der Waals surface area contributed by atoms with Crippen molar-refractivity contribution in [1.82, 2.24) is 0 Å². The fraction of sp³-hybridized carbons (Fsp3) is 0. The van der Waals surface area contributed by atoms with E-state index in [9.17, 15) is 0 Å². The molecule has 10 aromatic rings. The number of para-hydroxylation sites is 3. The van der Waals surface area contributed by atoms with Crippen LogP contribution in [0.15, 0.2) is 205 Å². The first-order valence-electron chi connectivity index (χ1n) is 17.8. The van der Waals surface area contributed by atoms with Gasteiger partial charge in [-0.3, -0.25) is 0 Å². The van der Waals surface area contributed by atoms with Crippen molar-refractivity contribution in [3.05, 3.63) is 200 Å². The third-order valence-electron chi connectivity index (χ3n) is 10.3. The van der Waals surface area contributed by atoms with Gasteiger partial charge in [-0.1, -0.05) is 170 Å². The lowest BCUT2D eigenvalue weighted by Gasteiger charge is -2.29. The summed E-state index contributed by atoms with van der Waals surface area (Å²) in [5.74, 6) is 0. The van der Waals surface area contributed by atoms with Crippen molar-refractivity contribution in [3.8, 4) is 33.4 Å². The molecule has 0 amide bonds. The minimum atomic E-state index is 0.896. The van der Waals surface area contributed by atoms with Crippen LogP contribution in [0.2, 0.25) is 0 Å². The van der Waals surface area contributed by atoms with Gasteiger partial charge in [-0.05, 0) is 68.7 Å². The molecule has 0 atom stereocenters. The summed E-state index contributed by atoms with van der Waals surface area (Å²) in [6.45, 7) is 0. The molecule has 0 spiro atoms. The highest BCUT2D eigenvalue weighted by Crippen LogP contribution is 2.46. The fourth-order valence-corrected chi connectivity index (χ4v) is 7.81. The van der Waals surface area contributed by atoms with Crippen molar-refractivity contribution in [1.29, 1.82) is 0 Å². The van der Waals surface area contributed by atoms with Gasteiger partial charge in [0, 0.05) is 33.0 Å². The van der Waals surface area contributed by atoms with Crippen LogP contribution in [0.4, 0.5) is 17.1 Å². The molecular weight excluding hydrogens is 631 g/mol. The molecule has 0 aliphatic rings. The van der Waals surface area contributed by atoms with Gasteiger partial charge in [0.15, 0.2) is 0 Å². The zero-order valence-electron chi connectivity index (χ0n) is 28.4. The van der Waals surface area contributed by atoms with Gasteiger partial charge >= 0.3 is 0 Å². The van der Waals surface area contributed by atoms with Gasteiger partial charge in [0.2, 0.25) is 0 Å². The smallest absolute Gasteiger partial charge is 0.143 e. The first-order valence-corrected chi connectivity index (χ1v) is 17.8. The second-order valence-corrected chi connectivity index (χ2v) is 13.3. The first kappa shape index (κ1) is 30.0.